The lowest BCUT2D eigenvalue weighted by Gasteiger charge is -2.33. The van der Waals surface area contributed by atoms with E-state index >= 15 is 0 Å². The Kier molecular flexibility index (Phi) is 12.3. The second kappa shape index (κ2) is 15.7. The normalized spacial score (nSPS) is 14.6. The molecule has 0 spiro atoms. The third-order valence-corrected chi connectivity index (χ3v) is 8.63. The molecule has 9 nitrogen and oxygen atoms in total. The predicted octanol–water partition coefficient (Wildman–Crippen LogP) is 4.90. The van der Waals surface area contributed by atoms with Crippen molar-refractivity contribution in [1.82, 2.24) is 10.2 Å². The van der Waals surface area contributed by atoms with Crippen molar-refractivity contribution in [2.75, 3.05) is 30.8 Å². The van der Waals surface area contributed by atoms with Gasteiger partial charge >= 0.3 is 0 Å². The minimum absolute atomic E-state index is 0.104. The molecule has 2 amide bonds. The van der Waals surface area contributed by atoms with Crippen LogP contribution in [-0.4, -0.2) is 63.7 Å². The average Bonchev–Trinajstić information content (AvgIpc) is 2.96. The molecule has 0 unspecified atom stereocenters. The molecule has 2 aromatic carbocycles. The van der Waals surface area contributed by atoms with Crippen molar-refractivity contribution in [2.45, 2.75) is 83.8 Å². The van der Waals surface area contributed by atoms with Gasteiger partial charge in [0.05, 0.1) is 25.7 Å². The Morgan fingerprint density at radius 2 is 1.61 bits per heavy atom. The maximum absolute atomic E-state index is 13.7. The summed E-state index contributed by atoms with van der Waals surface area (Å²) in [5.74, 6) is 1.05. The zero-order valence-electron chi connectivity index (χ0n) is 24.8. The Bertz CT molecular complexity index is 1210. The topological polar surface area (TPSA) is 105 Å². The molecule has 2 aromatic rings. The number of ether oxygens (including phenoxy) is 2. The van der Waals surface area contributed by atoms with E-state index in [1.807, 2.05) is 38.1 Å². The summed E-state index contributed by atoms with van der Waals surface area (Å²) in [5, 5.41) is 3.19. The van der Waals surface area contributed by atoms with E-state index in [-0.39, 0.29) is 37.4 Å². The van der Waals surface area contributed by atoms with E-state index in [1.165, 1.54) is 10.7 Å². The molecule has 0 heterocycles. The van der Waals surface area contributed by atoms with Gasteiger partial charge in [0.25, 0.3) is 0 Å². The number of amides is 2. The van der Waals surface area contributed by atoms with E-state index in [0.717, 1.165) is 37.5 Å². The summed E-state index contributed by atoms with van der Waals surface area (Å²) in [5.41, 5.74) is 1.40. The average molecular weight is 588 g/mol. The van der Waals surface area contributed by atoms with Crippen molar-refractivity contribution in [1.29, 1.82) is 0 Å². The van der Waals surface area contributed by atoms with Gasteiger partial charge in [-0.25, -0.2) is 8.42 Å². The standard InChI is InChI=1S/C31H45N3O6S/c1-5-29(31(36)32-25-11-8-7-9-12-25)33(23-24-14-18-27(39-3)19-15-24)30(35)13-10-22-34(41(4,37)38)26-16-20-28(21-17-26)40-6-2/h14-21,25,29H,5-13,22-23H2,1-4H3,(H,32,36)/t29-/m1/s1. The van der Waals surface area contributed by atoms with Crippen molar-refractivity contribution < 1.29 is 27.5 Å². The molecule has 1 saturated carbocycles. The van der Waals surface area contributed by atoms with Crippen LogP contribution < -0.4 is 19.1 Å². The fraction of sp³-hybridized carbons (Fsp3) is 0.548. The number of anilines is 1. The number of rotatable bonds is 15. The van der Waals surface area contributed by atoms with Gasteiger partial charge in [0.2, 0.25) is 21.8 Å². The molecule has 0 bridgehead atoms. The zero-order chi connectivity index (χ0) is 29.8. The lowest BCUT2D eigenvalue weighted by atomic mass is 9.95. The first-order chi connectivity index (χ1) is 19.7. The predicted molar refractivity (Wildman–Crippen MR) is 162 cm³/mol. The van der Waals surface area contributed by atoms with Gasteiger partial charge in [-0.05, 0) is 74.6 Å². The number of carbonyl (C=O) groups is 2. The lowest BCUT2D eigenvalue weighted by molar-refractivity contribution is -0.141. The lowest BCUT2D eigenvalue weighted by Crippen LogP contribution is -2.51. The van der Waals surface area contributed by atoms with Crippen LogP contribution >= 0.6 is 0 Å². The van der Waals surface area contributed by atoms with Crippen LogP contribution in [-0.2, 0) is 26.2 Å². The number of hydrogen-bond donors (Lipinski definition) is 1. The summed E-state index contributed by atoms with van der Waals surface area (Å²) in [6, 6.07) is 13.8. The van der Waals surface area contributed by atoms with Crippen molar-refractivity contribution >= 4 is 27.5 Å². The molecular weight excluding hydrogens is 542 g/mol. The van der Waals surface area contributed by atoms with Crippen LogP contribution in [0.25, 0.3) is 0 Å². The number of nitrogens with zero attached hydrogens (tertiary/aromatic N) is 2. The largest absolute Gasteiger partial charge is 0.497 e. The summed E-state index contributed by atoms with van der Waals surface area (Å²) in [6.07, 6.45) is 7.34. The summed E-state index contributed by atoms with van der Waals surface area (Å²) in [7, 11) is -1.98. The van der Waals surface area contributed by atoms with Crippen molar-refractivity contribution in [3.63, 3.8) is 0 Å². The number of benzene rings is 2. The molecule has 0 radical (unpaired) electrons. The highest BCUT2D eigenvalue weighted by molar-refractivity contribution is 7.92. The molecule has 1 N–H and O–H groups in total. The molecule has 1 aliphatic rings. The number of carbonyl (C=O) groups excluding carboxylic acids is 2. The highest BCUT2D eigenvalue weighted by Crippen LogP contribution is 2.24. The van der Waals surface area contributed by atoms with Gasteiger partial charge in [-0.15, -0.1) is 0 Å². The maximum Gasteiger partial charge on any atom is 0.243 e. The van der Waals surface area contributed by atoms with Crippen LogP contribution in [0.1, 0.15) is 70.8 Å². The first kappa shape index (κ1) is 32.2. The summed E-state index contributed by atoms with van der Waals surface area (Å²) in [4.78, 5) is 28.8. The van der Waals surface area contributed by atoms with E-state index in [9.17, 15) is 18.0 Å². The highest BCUT2D eigenvalue weighted by Gasteiger charge is 2.30. The second-order valence-electron chi connectivity index (χ2n) is 10.5. The molecule has 1 atom stereocenters. The fourth-order valence-electron chi connectivity index (χ4n) is 5.27. The molecule has 0 aromatic heterocycles. The monoisotopic (exact) mass is 587 g/mol. The van der Waals surface area contributed by atoms with Gasteiger partial charge in [-0.3, -0.25) is 13.9 Å². The number of hydrogen-bond acceptors (Lipinski definition) is 6. The van der Waals surface area contributed by atoms with Gasteiger partial charge < -0.3 is 19.7 Å². The summed E-state index contributed by atoms with van der Waals surface area (Å²) >= 11 is 0. The maximum atomic E-state index is 13.7. The Morgan fingerprint density at radius 1 is 0.976 bits per heavy atom. The first-order valence-corrected chi connectivity index (χ1v) is 16.4. The van der Waals surface area contributed by atoms with Crippen molar-refractivity contribution in [3.8, 4) is 11.5 Å². The Balaban J connectivity index is 1.74. The highest BCUT2D eigenvalue weighted by atomic mass is 32.2. The Morgan fingerprint density at radius 3 is 2.17 bits per heavy atom. The van der Waals surface area contributed by atoms with Crippen molar-refractivity contribution in [3.05, 3.63) is 54.1 Å². The van der Waals surface area contributed by atoms with E-state index < -0.39 is 16.1 Å². The van der Waals surface area contributed by atoms with Gasteiger partial charge in [-0.2, -0.15) is 0 Å². The molecule has 10 heteroatoms. The number of nitrogens with one attached hydrogen (secondary N) is 1. The van der Waals surface area contributed by atoms with E-state index in [4.69, 9.17) is 9.47 Å². The van der Waals surface area contributed by atoms with Gasteiger partial charge in [0.15, 0.2) is 0 Å². The van der Waals surface area contributed by atoms with Gasteiger partial charge in [0, 0.05) is 25.6 Å². The van der Waals surface area contributed by atoms with Crippen LogP contribution in [0.4, 0.5) is 5.69 Å². The Hall–Kier alpha value is -3.27. The molecule has 226 valence electrons. The fourth-order valence-corrected chi connectivity index (χ4v) is 6.24. The second-order valence-corrected chi connectivity index (χ2v) is 12.4. The molecule has 1 aliphatic carbocycles. The molecular formula is C31H45N3O6S. The zero-order valence-corrected chi connectivity index (χ0v) is 25.6. The molecule has 0 saturated heterocycles. The van der Waals surface area contributed by atoms with Crippen LogP contribution in [0.3, 0.4) is 0 Å². The smallest absolute Gasteiger partial charge is 0.243 e. The van der Waals surface area contributed by atoms with Crippen LogP contribution in [0.5, 0.6) is 11.5 Å². The van der Waals surface area contributed by atoms with Gasteiger partial charge in [-0.1, -0.05) is 38.3 Å². The third kappa shape index (κ3) is 9.66. The SMILES string of the molecule is CCOc1ccc(N(CCCC(=O)N(Cc2ccc(OC)cc2)[C@H](CC)C(=O)NC2CCCCC2)S(C)(=O)=O)cc1. The molecule has 1 fully saturated rings. The summed E-state index contributed by atoms with van der Waals surface area (Å²) < 4.78 is 37.3. The first-order valence-electron chi connectivity index (χ1n) is 14.6. The Labute approximate surface area is 245 Å². The van der Waals surface area contributed by atoms with Crippen molar-refractivity contribution in [2.24, 2.45) is 0 Å². The van der Waals surface area contributed by atoms with E-state index in [1.54, 1.807) is 36.3 Å². The molecule has 3 rings (SSSR count). The van der Waals surface area contributed by atoms with E-state index in [2.05, 4.69) is 5.32 Å². The molecule has 41 heavy (non-hydrogen) atoms. The molecule has 0 aliphatic heterocycles. The van der Waals surface area contributed by atoms with Crippen LogP contribution in [0, 0.1) is 0 Å². The van der Waals surface area contributed by atoms with Gasteiger partial charge in [0.1, 0.15) is 17.5 Å². The number of methoxy groups -OCH3 is 1. The number of sulfonamides is 1. The van der Waals surface area contributed by atoms with E-state index in [0.29, 0.717) is 36.6 Å². The minimum Gasteiger partial charge on any atom is -0.497 e. The summed E-state index contributed by atoms with van der Waals surface area (Å²) in [6.45, 7) is 4.72. The quantitative estimate of drug-likeness (QED) is 0.318. The van der Waals surface area contributed by atoms with Crippen LogP contribution in [0.2, 0.25) is 0 Å². The van der Waals surface area contributed by atoms with Crippen LogP contribution in [0.15, 0.2) is 48.5 Å². The minimum atomic E-state index is -3.58. The third-order valence-electron chi connectivity index (χ3n) is 7.44.